The fourth-order valence-corrected chi connectivity index (χ4v) is 6.68. The second-order valence-corrected chi connectivity index (χ2v) is 11.9. The predicted molar refractivity (Wildman–Crippen MR) is 154 cm³/mol. The summed E-state index contributed by atoms with van der Waals surface area (Å²) in [6.45, 7) is 3.46. The highest BCUT2D eigenvalue weighted by atomic mass is 32.2. The number of nitrogens with one attached hydrogen (secondary N) is 2. The van der Waals surface area contributed by atoms with Crippen LogP contribution in [0.1, 0.15) is 60.5 Å². The quantitative estimate of drug-likeness (QED) is 0.332. The van der Waals surface area contributed by atoms with Crippen LogP contribution >= 0.6 is 11.9 Å². The monoisotopic (exact) mass is 538 g/mol. The summed E-state index contributed by atoms with van der Waals surface area (Å²) in [4.78, 5) is 13.7. The fourth-order valence-electron chi connectivity index (χ4n) is 5.85. The zero-order valence-electron chi connectivity index (χ0n) is 22.4. The van der Waals surface area contributed by atoms with Crippen molar-refractivity contribution in [2.45, 2.75) is 76.6 Å². The van der Waals surface area contributed by atoms with E-state index in [9.17, 15) is 14.3 Å². The molecule has 5 rings (SSSR count). The lowest BCUT2D eigenvalue weighted by Crippen LogP contribution is -2.50. The third kappa shape index (κ3) is 6.03. The van der Waals surface area contributed by atoms with Crippen LogP contribution in [-0.4, -0.2) is 53.1 Å². The number of aliphatic hydroxyl groups excluding tert-OH is 1. The predicted octanol–water partition coefficient (Wildman–Crippen LogP) is 5.07. The Kier molecular flexibility index (Phi) is 8.61. The van der Waals surface area contributed by atoms with Gasteiger partial charge in [-0.1, -0.05) is 38.3 Å². The van der Waals surface area contributed by atoms with Gasteiger partial charge in [-0.15, -0.1) is 0 Å². The first kappa shape index (κ1) is 27.0. The summed E-state index contributed by atoms with van der Waals surface area (Å²) in [7, 11) is 2.04. The van der Waals surface area contributed by atoms with E-state index >= 15 is 0 Å². The summed E-state index contributed by atoms with van der Waals surface area (Å²) < 4.78 is 18.4. The van der Waals surface area contributed by atoms with Crippen molar-refractivity contribution in [1.29, 1.82) is 0 Å². The Morgan fingerprint density at radius 2 is 2.03 bits per heavy atom. The van der Waals surface area contributed by atoms with Gasteiger partial charge >= 0.3 is 0 Å². The molecule has 1 saturated carbocycles. The van der Waals surface area contributed by atoms with Gasteiger partial charge in [0.2, 0.25) is 0 Å². The molecule has 8 heteroatoms. The molecular formula is C30H39FN4O2S. The van der Waals surface area contributed by atoms with Gasteiger partial charge in [-0.05, 0) is 73.0 Å². The summed E-state index contributed by atoms with van der Waals surface area (Å²) in [6, 6.07) is 10.2. The molecule has 0 radical (unpaired) electrons. The molecule has 1 aliphatic carbocycles. The molecule has 0 spiro atoms. The molecule has 1 aromatic heterocycles. The lowest BCUT2D eigenvalue weighted by atomic mass is 9.94. The van der Waals surface area contributed by atoms with Crippen LogP contribution in [0.2, 0.25) is 0 Å². The van der Waals surface area contributed by atoms with Gasteiger partial charge in [0, 0.05) is 49.1 Å². The minimum atomic E-state index is -0.806. The Hall–Kier alpha value is -2.55. The number of halogens is 1. The Bertz CT molecular complexity index is 1270. The van der Waals surface area contributed by atoms with E-state index in [-0.39, 0.29) is 11.7 Å². The van der Waals surface area contributed by atoms with Gasteiger partial charge in [0.1, 0.15) is 5.82 Å². The first-order valence-electron chi connectivity index (χ1n) is 13.9. The minimum absolute atomic E-state index is 0.223. The summed E-state index contributed by atoms with van der Waals surface area (Å²) in [5.41, 5.74) is 4.74. The number of benzene rings is 2. The van der Waals surface area contributed by atoms with E-state index in [2.05, 4.69) is 32.6 Å². The topological polar surface area (TPSA) is 69.5 Å². The summed E-state index contributed by atoms with van der Waals surface area (Å²) in [6.07, 6.45) is 8.54. The van der Waals surface area contributed by atoms with Crippen LogP contribution < -0.4 is 14.9 Å². The lowest BCUT2D eigenvalue weighted by molar-refractivity contribution is 0.0821. The third-order valence-corrected chi connectivity index (χ3v) is 8.93. The zero-order valence-corrected chi connectivity index (χ0v) is 23.2. The Morgan fingerprint density at radius 1 is 1.21 bits per heavy atom. The van der Waals surface area contributed by atoms with Crippen molar-refractivity contribution in [1.82, 2.24) is 15.2 Å². The second-order valence-electron chi connectivity index (χ2n) is 10.6. The highest BCUT2D eigenvalue weighted by Crippen LogP contribution is 2.37. The molecule has 6 nitrogen and oxygen atoms in total. The molecule has 1 aliphatic heterocycles. The first-order chi connectivity index (χ1) is 18.4. The Morgan fingerprint density at radius 3 is 2.79 bits per heavy atom. The van der Waals surface area contributed by atoms with Gasteiger partial charge in [-0.2, -0.15) is 0 Å². The maximum Gasteiger partial charge on any atom is 0.251 e. The van der Waals surface area contributed by atoms with Crippen LogP contribution in [0.4, 0.5) is 10.1 Å². The van der Waals surface area contributed by atoms with E-state index in [4.69, 9.17) is 0 Å². The van der Waals surface area contributed by atoms with Gasteiger partial charge in [-0.3, -0.25) is 4.79 Å². The maximum absolute atomic E-state index is 13.9. The van der Waals surface area contributed by atoms with Crippen LogP contribution in [0.25, 0.3) is 10.9 Å². The second kappa shape index (κ2) is 12.1. The highest BCUT2D eigenvalue weighted by molar-refractivity contribution is 8.00. The van der Waals surface area contributed by atoms with Gasteiger partial charge in [0.25, 0.3) is 5.91 Å². The summed E-state index contributed by atoms with van der Waals surface area (Å²) in [5, 5.41) is 18.9. The highest BCUT2D eigenvalue weighted by Gasteiger charge is 2.26. The lowest BCUT2D eigenvalue weighted by Gasteiger charge is -2.28. The SMILES string of the molecule is CCc1cn2c3c(cc(C(=O)N[C@@H](Cc4cccc(F)c4)[C@H](O)CNC4CCCCC4)cc13)N(C)SCC2. The molecule has 0 unspecified atom stereocenters. The molecule has 2 aromatic carbocycles. The summed E-state index contributed by atoms with van der Waals surface area (Å²) >= 11 is 1.75. The molecule has 1 fully saturated rings. The third-order valence-electron chi connectivity index (χ3n) is 7.98. The van der Waals surface area contributed by atoms with Crippen molar-refractivity contribution >= 4 is 34.4 Å². The van der Waals surface area contributed by atoms with Gasteiger partial charge in [0.05, 0.1) is 23.3 Å². The molecule has 2 heterocycles. The maximum atomic E-state index is 13.9. The van der Waals surface area contributed by atoms with Crippen molar-refractivity contribution in [2.24, 2.45) is 0 Å². The fraction of sp³-hybridized carbons (Fsp3) is 0.500. The van der Waals surface area contributed by atoms with Gasteiger partial charge in [-0.25, -0.2) is 4.39 Å². The van der Waals surface area contributed by atoms with Crippen molar-refractivity contribution in [2.75, 3.05) is 23.7 Å². The number of carbonyl (C=O) groups is 1. The number of amides is 1. The number of rotatable bonds is 9. The van der Waals surface area contributed by atoms with Crippen molar-refractivity contribution in [3.8, 4) is 0 Å². The number of carbonyl (C=O) groups excluding carboxylic acids is 1. The molecule has 38 heavy (non-hydrogen) atoms. The van der Waals surface area contributed by atoms with E-state index in [1.807, 2.05) is 25.2 Å². The zero-order chi connectivity index (χ0) is 26.6. The van der Waals surface area contributed by atoms with Crippen LogP contribution in [0.15, 0.2) is 42.6 Å². The molecule has 0 bridgehead atoms. The molecule has 3 N–H and O–H groups in total. The van der Waals surface area contributed by atoms with E-state index in [1.54, 1.807) is 18.0 Å². The van der Waals surface area contributed by atoms with Gasteiger partial charge in [0.15, 0.2) is 0 Å². The molecule has 2 aliphatic rings. The van der Waals surface area contributed by atoms with Crippen molar-refractivity contribution < 1.29 is 14.3 Å². The van der Waals surface area contributed by atoms with Crippen LogP contribution in [0, 0.1) is 5.82 Å². The van der Waals surface area contributed by atoms with Crippen LogP contribution in [0.5, 0.6) is 0 Å². The Labute approximate surface area is 229 Å². The van der Waals surface area contributed by atoms with Gasteiger partial charge < -0.3 is 24.6 Å². The smallest absolute Gasteiger partial charge is 0.251 e. The molecule has 2 atom stereocenters. The largest absolute Gasteiger partial charge is 0.390 e. The van der Waals surface area contributed by atoms with Crippen molar-refractivity contribution in [3.05, 3.63) is 65.1 Å². The Balaban J connectivity index is 1.40. The molecule has 204 valence electrons. The minimum Gasteiger partial charge on any atom is -0.390 e. The van der Waals surface area contributed by atoms with E-state index in [1.165, 1.54) is 42.5 Å². The van der Waals surface area contributed by atoms with E-state index in [0.29, 0.717) is 24.6 Å². The number of aryl methyl sites for hydroxylation is 2. The molecule has 0 saturated heterocycles. The normalized spacial score (nSPS) is 17.8. The van der Waals surface area contributed by atoms with E-state index in [0.717, 1.165) is 48.2 Å². The number of nitrogens with zero attached hydrogens (tertiary/aromatic N) is 2. The van der Waals surface area contributed by atoms with Crippen LogP contribution in [-0.2, 0) is 19.4 Å². The van der Waals surface area contributed by atoms with Crippen molar-refractivity contribution in [3.63, 3.8) is 0 Å². The molecule has 1 amide bonds. The number of aromatic nitrogens is 1. The van der Waals surface area contributed by atoms with E-state index < -0.39 is 12.1 Å². The summed E-state index contributed by atoms with van der Waals surface area (Å²) in [5.74, 6) is 0.425. The number of aliphatic hydroxyl groups is 1. The van der Waals surface area contributed by atoms with Crippen LogP contribution in [0.3, 0.4) is 0 Å². The first-order valence-corrected chi connectivity index (χ1v) is 14.9. The standard InChI is InChI=1S/C30H39FN4O2S/c1-3-21-19-35-12-13-38-34(2)27-17-22(16-25(21)29(27)35)30(37)33-26(15-20-8-7-9-23(31)14-20)28(36)18-32-24-10-5-4-6-11-24/h7-9,14,16-17,19,24,26,28,32,36H,3-6,10-13,15,18H2,1-2H3,(H,33,37)/t26-,28+/m0/s1. The number of hydrogen-bond donors (Lipinski definition) is 3. The number of anilines is 1. The average molecular weight is 539 g/mol. The molecular weight excluding hydrogens is 499 g/mol. The number of hydrogen-bond acceptors (Lipinski definition) is 5. The molecule has 3 aromatic rings. The average Bonchev–Trinajstić information content (AvgIpc) is 3.20.